The molecule has 0 unspecified atom stereocenters. The third kappa shape index (κ3) is 3.63. The monoisotopic (exact) mass is 350 g/mol. The molecule has 134 valence electrons. The van der Waals surface area contributed by atoms with Gasteiger partial charge in [-0.1, -0.05) is 12.1 Å². The highest BCUT2D eigenvalue weighted by Crippen LogP contribution is 2.25. The van der Waals surface area contributed by atoms with Crippen LogP contribution in [0.2, 0.25) is 0 Å². The normalized spacial score (nSPS) is 18.4. The first kappa shape index (κ1) is 16.8. The summed E-state index contributed by atoms with van der Waals surface area (Å²) in [5.41, 5.74) is 4.62. The van der Waals surface area contributed by atoms with Crippen LogP contribution in [0.25, 0.3) is 0 Å². The zero-order valence-electron chi connectivity index (χ0n) is 14.6. The van der Waals surface area contributed by atoms with E-state index in [9.17, 15) is 9.59 Å². The number of anilines is 2. The second-order valence-corrected chi connectivity index (χ2v) is 6.86. The first-order chi connectivity index (χ1) is 12.7. The lowest BCUT2D eigenvalue weighted by Gasteiger charge is -2.12. The highest BCUT2D eigenvalue weighted by molar-refractivity contribution is 6.05. The van der Waals surface area contributed by atoms with Crippen molar-refractivity contribution < 1.29 is 14.3 Å². The van der Waals surface area contributed by atoms with Gasteiger partial charge in [0.05, 0.1) is 0 Å². The Labute approximate surface area is 152 Å². The number of hydrogen-bond acceptors (Lipinski definition) is 3. The fourth-order valence-electron chi connectivity index (χ4n) is 3.60. The lowest BCUT2D eigenvalue weighted by molar-refractivity contribution is -0.124. The first-order valence-electron chi connectivity index (χ1n) is 9.15. The summed E-state index contributed by atoms with van der Waals surface area (Å²) in [5.74, 6) is -0.338. The number of fused-ring (bicyclic) bond motifs is 1. The standard InChI is InChI=1S/C21H22N2O3/c24-20(22-18-10-9-14-4-1-5-15(14)12-18)16-6-2-7-17(13-16)23-21(25)19-8-3-11-26-19/h2,6-7,9-10,12-13,19H,1,3-5,8,11H2,(H,22,24)(H,23,25)/t19-/m0/s1. The molecule has 1 aliphatic carbocycles. The van der Waals surface area contributed by atoms with Gasteiger partial charge in [0.2, 0.25) is 0 Å². The van der Waals surface area contributed by atoms with Crippen molar-refractivity contribution in [1.82, 2.24) is 0 Å². The number of aryl methyl sites for hydroxylation is 2. The topological polar surface area (TPSA) is 67.4 Å². The van der Waals surface area contributed by atoms with Gasteiger partial charge in [-0.15, -0.1) is 0 Å². The van der Waals surface area contributed by atoms with Crippen LogP contribution in [-0.2, 0) is 22.4 Å². The fraction of sp³-hybridized carbons (Fsp3) is 0.333. The van der Waals surface area contributed by atoms with Crippen molar-refractivity contribution >= 4 is 23.2 Å². The number of benzene rings is 2. The van der Waals surface area contributed by atoms with E-state index >= 15 is 0 Å². The van der Waals surface area contributed by atoms with E-state index in [1.54, 1.807) is 24.3 Å². The van der Waals surface area contributed by atoms with Gasteiger partial charge in [-0.3, -0.25) is 9.59 Å². The molecular weight excluding hydrogens is 328 g/mol. The summed E-state index contributed by atoms with van der Waals surface area (Å²) in [5, 5.41) is 5.78. The Hall–Kier alpha value is -2.66. The molecule has 2 aromatic carbocycles. The van der Waals surface area contributed by atoms with E-state index < -0.39 is 0 Å². The van der Waals surface area contributed by atoms with Crippen LogP contribution in [0.3, 0.4) is 0 Å². The number of ether oxygens (including phenoxy) is 1. The molecular formula is C21H22N2O3. The maximum absolute atomic E-state index is 12.6. The molecule has 0 radical (unpaired) electrons. The van der Waals surface area contributed by atoms with Gasteiger partial charge in [-0.05, 0) is 73.6 Å². The molecule has 2 aromatic rings. The third-order valence-corrected chi connectivity index (χ3v) is 4.97. The number of amides is 2. The second-order valence-electron chi connectivity index (χ2n) is 6.86. The lowest BCUT2D eigenvalue weighted by atomic mass is 10.1. The van der Waals surface area contributed by atoms with Crippen LogP contribution in [-0.4, -0.2) is 24.5 Å². The van der Waals surface area contributed by atoms with Crippen molar-refractivity contribution in [2.45, 2.75) is 38.2 Å². The molecule has 1 heterocycles. The molecule has 1 saturated heterocycles. The molecule has 0 saturated carbocycles. The number of hydrogen-bond donors (Lipinski definition) is 2. The van der Waals surface area contributed by atoms with E-state index in [1.165, 1.54) is 17.5 Å². The number of nitrogens with one attached hydrogen (secondary N) is 2. The minimum Gasteiger partial charge on any atom is -0.368 e. The van der Waals surface area contributed by atoms with Crippen LogP contribution in [0.5, 0.6) is 0 Å². The van der Waals surface area contributed by atoms with Gasteiger partial charge in [-0.25, -0.2) is 0 Å². The highest BCUT2D eigenvalue weighted by atomic mass is 16.5. The van der Waals surface area contributed by atoms with Crippen molar-refractivity contribution in [3.8, 4) is 0 Å². The number of carbonyl (C=O) groups is 2. The van der Waals surface area contributed by atoms with E-state index in [1.807, 2.05) is 6.07 Å². The quantitative estimate of drug-likeness (QED) is 0.886. The van der Waals surface area contributed by atoms with Gasteiger partial charge in [0, 0.05) is 23.5 Å². The van der Waals surface area contributed by atoms with Gasteiger partial charge in [0.15, 0.2) is 0 Å². The van der Waals surface area contributed by atoms with Gasteiger partial charge < -0.3 is 15.4 Å². The minimum atomic E-state index is -0.390. The zero-order valence-corrected chi connectivity index (χ0v) is 14.6. The molecule has 4 rings (SSSR count). The third-order valence-electron chi connectivity index (χ3n) is 4.97. The second kappa shape index (κ2) is 7.30. The zero-order chi connectivity index (χ0) is 17.9. The number of carbonyl (C=O) groups excluding carboxylic acids is 2. The highest BCUT2D eigenvalue weighted by Gasteiger charge is 2.23. The maximum atomic E-state index is 12.6. The number of rotatable bonds is 4. The predicted octanol–water partition coefficient (Wildman–Crippen LogP) is 3.55. The molecule has 5 heteroatoms. The lowest BCUT2D eigenvalue weighted by Crippen LogP contribution is -2.27. The van der Waals surface area contributed by atoms with E-state index in [0.29, 0.717) is 17.9 Å². The molecule has 2 aliphatic rings. The predicted molar refractivity (Wildman–Crippen MR) is 100 cm³/mol. The molecule has 1 aliphatic heterocycles. The van der Waals surface area contributed by atoms with Crippen LogP contribution >= 0.6 is 0 Å². The Balaban J connectivity index is 1.43. The summed E-state index contributed by atoms with van der Waals surface area (Å²) in [4.78, 5) is 24.7. The van der Waals surface area contributed by atoms with E-state index in [4.69, 9.17) is 4.74 Å². The Kier molecular flexibility index (Phi) is 4.71. The van der Waals surface area contributed by atoms with Gasteiger partial charge in [-0.2, -0.15) is 0 Å². The average molecular weight is 350 g/mol. The fourth-order valence-corrected chi connectivity index (χ4v) is 3.60. The van der Waals surface area contributed by atoms with Crippen molar-refractivity contribution in [2.75, 3.05) is 17.2 Å². The van der Waals surface area contributed by atoms with Crippen LogP contribution in [0.15, 0.2) is 42.5 Å². The summed E-state index contributed by atoms with van der Waals surface area (Å²) < 4.78 is 5.39. The Morgan fingerprint density at radius 1 is 0.923 bits per heavy atom. The van der Waals surface area contributed by atoms with Crippen LogP contribution in [0.1, 0.15) is 40.7 Å². The van der Waals surface area contributed by atoms with Crippen molar-refractivity contribution in [3.05, 3.63) is 59.2 Å². The van der Waals surface area contributed by atoms with Gasteiger partial charge >= 0.3 is 0 Å². The molecule has 1 fully saturated rings. The molecule has 26 heavy (non-hydrogen) atoms. The average Bonchev–Trinajstić information content (AvgIpc) is 3.33. The maximum Gasteiger partial charge on any atom is 0.255 e. The minimum absolute atomic E-state index is 0.154. The van der Waals surface area contributed by atoms with Crippen LogP contribution < -0.4 is 10.6 Å². The Bertz CT molecular complexity index is 841. The molecule has 2 amide bonds. The SMILES string of the molecule is O=C(Nc1ccc2c(c1)CCC2)c1cccc(NC(=O)[C@@H]2CCCO2)c1. The van der Waals surface area contributed by atoms with Crippen LogP contribution in [0.4, 0.5) is 11.4 Å². The summed E-state index contributed by atoms with van der Waals surface area (Å²) in [6.45, 7) is 0.626. The summed E-state index contributed by atoms with van der Waals surface area (Å²) in [7, 11) is 0. The molecule has 0 bridgehead atoms. The van der Waals surface area contributed by atoms with E-state index in [2.05, 4.69) is 22.8 Å². The Morgan fingerprint density at radius 2 is 1.77 bits per heavy atom. The van der Waals surface area contributed by atoms with Crippen LogP contribution in [0, 0.1) is 0 Å². The van der Waals surface area contributed by atoms with Crippen molar-refractivity contribution in [3.63, 3.8) is 0 Å². The van der Waals surface area contributed by atoms with Gasteiger partial charge in [0.25, 0.3) is 11.8 Å². The van der Waals surface area contributed by atoms with E-state index in [0.717, 1.165) is 31.4 Å². The molecule has 2 N–H and O–H groups in total. The van der Waals surface area contributed by atoms with E-state index in [-0.39, 0.29) is 17.9 Å². The van der Waals surface area contributed by atoms with Crippen molar-refractivity contribution in [1.29, 1.82) is 0 Å². The molecule has 0 spiro atoms. The van der Waals surface area contributed by atoms with Gasteiger partial charge in [0.1, 0.15) is 6.10 Å². The smallest absolute Gasteiger partial charge is 0.255 e. The summed E-state index contributed by atoms with van der Waals surface area (Å²) >= 11 is 0. The van der Waals surface area contributed by atoms with Crippen molar-refractivity contribution in [2.24, 2.45) is 0 Å². The molecule has 0 aromatic heterocycles. The first-order valence-corrected chi connectivity index (χ1v) is 9.15. The largest absolute Gasteiger partial charge is 0.368 e. The molecule has 1 atom stereocenters. The Morgan fingerprint density at radius 3 is 2.62 bits per heavy atom. The summed E-state index contributed by atoms with van der Waals surface area (Å²) in [6, 6.07) is 13.1. The summed E-state index contributed by atoms with van der Waals surface area (Å²) in [6.07, 6.45) is 4.63. The molecule has 5 nitrogen and oxygen atoms in total.